The molecular weight excluding hydrogens is 242 g/mol. The summed E-state index contributed by atoms with van der Waals surface area (Å²) in [5, 5.41) is 12.6. The summed E-state index contributed by atoms with van der Waals surface area (Å²) in [6.07, 6.45) is 2.19. The van der Waals surface area contributed by atoms with Crippen molar-refractivity contribution >= 4 is 5.97 Å². The van der Waals surface area contributed by atoms with E-state index in [9.17, 15) is 9.90 Å². The van der Waals surface area contributed by atoms with Crippen molar-refractivity contribution in [3.63, 3.8) is 0 Å². The second kappa shape index (κ2) is 6.06. The third-order valence-corrected chi connectivity index (χ3v) is 3.86. The molecule has 0 radical (unpaired) electrons. The number of benzene rings is 1. The van der Waals surface area contributed by atoms with Gasteiger partial charge in [0.2, 0.25) is 0 Å². The number of carbonyl (C=O) groups is 1. The molecule has 1 saturated heterocycles. The lowest BCUT2D eigenvalue weighted by Crippen LogP contribution is -2.46. The van der Waals surface area contributed by atoms with Gasteiger partial charge < -0.3 is 15.2 Å². The lowest BCUT2D eigenvalue weighted by molar-refractivity contribution is -0.151. The van der Waals surface area contributed by atoms with Crippen molar-refractivity contribution in [2.24, 2.45) is 5.41 Å². The number of hydrogen-bond donors (Lipinski definition) is 2. The fraction of sp³-hybridized carbons (Fsp3) is 0.533. The molecule has 4 heteroatoms. The molecule has 0 bridgehead atoms. The van der Waals surface area contributed by atoms with Gasteiger partial charge in [-0.15, -0.1) is 0 Å². The molecule has 0 amide bonds. The Morgan fingerprint density at radius 2 is 2.26 bits per heavy atom. The molecule has 2 rings (SSSR count). The van der Waals surface area contributed by atoms with Crippen LogP contribution in [0.25, 0.3) is 0 Å². The second-order valence-electron chi connectivity index (χ2n) is 5.23. The molecule has 1 aromatic rings. The highest BCUT2D eigenvalue weighted by atomic mass is 16.5. The molecule has 1 atom stereocenters. The molecular formula is C15H21NO3. The van der Waals surface area contributed by atoms with Crippen molar-refractivity contribution in [2.45, 2.75) is 26.2 Å². The van der Waals surface area contributed by atoms with E-state index in [4.69, 9.17) is 4.74 Å². The standard InChI is InChI=1S/C15H21NO3/c1-12-5-2-3-6-13(12)19-10-8-15(14(17)18)7-4-9-16-11-15/h2-3,5-6,16H,4,7-11H2,1H3,(H,17,18). The highest BCUT2D eigenvalue weighted by Gasteiger charge is 2.39. The van der Waals surface area contributed by atoms with Crippen molar-refractivity contribution in [1.82, 2.24) is 5.32 Å². The Balaban J connectivity index is 1.93. The maximum absolute atomic E-state index is 11.5. The minimum Gasteiger partial charge on any atom is -0.493 e. The molecule has 2 N–H and O–H groups in total. The van der Waals surface area contributed by atoms with Crippen LogP contribution in [0.1, 0.15) is 24.8 Å². The Morgan fingerprint density at radius 1 is 1.47 bits per heavy atom. The first kappa shape index (κ1) is 13.9. The molecule has 4 nitrogen and oxygen atoms in total. The fourth-order valence-electron chi connectivity index (χ4n) is 2.55. The molecule has 1 unspecified atom stereocenters. The summed E-state index contributed by atoms with van der Waals surface area (Å²) in [4.78, 5) is 11.5. The predicted octanol–water partition coefficient (Wildman–Crippen LogP) is 2.22. The lowest BCUT2D eigenvalue weighted by Gasteiger charge is -2.33. The average molecular weight is 263 g/mol. The van der Waals surface area contributed by atoms with E-state index in [2.05, 4.69) is 5.32 Å². The van der Waals surface area contributed by atoms with Gasteiger partial charge in [-0.2, -0.15) is 0 Å². The number of rotatable bonds is 5. The Labute approximate surface area is 113 Å². The second-order valence-corrected chi connectivity index (χ2v) is 5.23. The molecule has 1 aromatic carbocycles. The topological polar surface area (TPSA) is 58.6 Å². The first-order chi connectivity index (χ1) is 9.14. The summed E-state index contributed by atoms with van der Waals surface area (Å²) < 4.78 is 5.72. The highest BCUT2D eigenvalue weighted by molar-refractivity contribution is 5.75. The van der Waals surface area contributed by atoms with Crippen molar-refractivity contribution in [1.29, 1.82) is 0 Å². The number of para-hydroxylation sites is 1. The van der Waals surface area contributed by atoms with Crippen molar-refractivity contribution in [2.75, 3.05) is 19.7 Å². The van der Waals surface area contributed by atoms with E-state index < -0.39 is 11.4 Å². The van der Waals surface area contributed by atoms with Gasteiger partial charge in [0.05, 0.1) is 12.0 Å². The van der Waals surface area contributed by atoms with Crippen molar-refractivity contribution in [3.8, 4) is 5.75 Å². The summed E-state index contributed by atoms with van der Waals surface area (Å²) in [5.74, 6) is 0.125. The fourth-order valence-corrected chi connectivity index (χ4v) is 2.55. The van der Waals surface area contributed by atoms with E-state index >= 15 is 0 Å². The summed E-state index contributed by atoms with van der Waals surface area (Å²) >= 11 is 0. The van der Waals surface area contributed by atoms with E-state index in [1.54, 1.807) is 0 Å². The van der Waals surface area contributed by atoms with E-state index in [1.165, 1.54) is 0 Å². The molecule has 0 spiro atoms. The Kier molecular flexibility index (Phi) is 4.43. The van der Waals surface area contributed by atoms with Crippen molar-refractivity contribution in [3.05, 3.63) is 29.8 Å². The number of ether oxygens (including phenoxy) is 1. The van der Waals surface area contributed by atoms with Crippen LogP contribution in [0.4, 0.5) is 0 Å². The summed E-state index contributed by atoms with van der Waals surface area (Å²) in [6, 6.07) is 7.80. The van der Waals surface area contributed by atoms with Crippen LogP contribution in [0, 0.1) is 12.3 Å². The minimum absolute atomic E-state index is 0.443. The van der Waals surface area contributed by atoms with E-state index in [0.29, 0.717) is 19.6 Å². The Hall–Kier alpha value is -1.55. The number of carboxylic acid groups (broad SMARTS) is 1. The van der Waals surface area contributed by atoms with Gasteiger partial charge in [-0.25, -0.2) is 0 Å². The summed E-state index contributed by atoms with van der Waals surface area (Å²) in [6.45, 7) is 3.89. The third-order valence-electron chi connectivity index (χ3n) is 3.86. The molecule has 1 heterocycles. The molecule has 0 aromatic heterocycles. The first-order valence-corrected chi connectivity index (χ1v) is 6.77. The van der Waals surface area contributed by atoms with E-state index in [0.717, 1.165) is 30.7 Å². The van der Waals surface area contributed by atoms with E-state index in [1.807, 2.05) is 31.2 Å². The van der Waals surface area contributed by atoms with Gasteiger partial charge >= 0.3 is 5.97 Å². The quantitative estimate of drug-likeness (QED) is 0.855. The van der Waals surface area contributed by atoms with Gasteiger partial charge in [0, 0.05) is 6.54 Å². The molecule has 19 heavy (non-hydrogen) atoms. The van der Waals surface area contributed by atoms with Crippen LogP contribution >= 0.6 is 0 Å². The summed E-state index contributed by atoms with van der Waals surface area (Å²) in [7, 11) is 0. The van der Waals surface area contributed by atoms with Gasteiger partial charge in [-0.1, -0.05) is 18.2 Å². The monoisotopic (exact) mass is 263 g/mol. The Bertz CT molecular complexity index is 439. The zero-order valence-corrected chi connectivity index (χ0v) is 11.3. The summed E-state index contributed by atoms with van der Waals surface area (Å²) in [5.41, 5.74) is 0.412. The van der Waals surface area contributed by atoms with Crippen LogP contribution in [0.3, 0.4) is 0 Å². The van der Waals surface area contributed by atoms with Gasteiger partial charge in [-0.05, 0) is 44.4 Å². The number of carboxylic acids is 1. The molecule has 104 valence electrons. The number of aliphatic carboxylic acids is 1. The molecule has 0 aliphatic carbocycles. The van der Waals surface area contributed by atoms with Crippen molar-refractivity contribution < 1.29 is 14.6 Å². The maximum atomic E-state index is 11.5. The first-order valence-electron chi connectivity index (χ1n) is 6.77. The number of piperidine rings is 1. The van der Waals surface area contributed by atoms with Crippen LogP contribution in [0.5, 0.6) is 5.75 Å². The van der Waals surface area contributed by atoms with Crippen LogP contribution in [0.15, 0.2) is 24.3 Å². The number of nitrogens with one attached hydrogen (secondary N) is 1. The Morgan fingerprint density at radius 3 is 2.89 bits per heavy atom. The van der Waals surface area contributed by atoms with Gasteiger partial charge in [-0.3, -0.25) is 4.79 Å². The lowest BCUT2D eigenvalue weighted by atomic mass is 9.78. The zero-order valence-electron chi connectivity index (χ0n) is 11.3. The predicted molar refractivity (Wildman–Crippen MR) is 73.5 cm³/mol. The molecule has 0 saturated carbocycles. The van der Waals surface area contributed by atoms with Gasteiger partial charge in [0.15, 0.2) is 0 Å². The van der Waals surface area contributed by atoms with Gasteiger partial charge in [0.1, 0.15) is 5.75 Å². The normalized spacial score (nSPS) is 23.0. The average Bonchev–Trinajstić information content (AvgIpc) is 2.42. The van der Waals surface area contributed by atoms with Crippen LogP contribution in [-0.4, -0.2) is 30.8 Å². The third kappa shape index (κ3) is 3.26. The number of aryl methyl sites for hydroxylation is 1. The van der Waals surface area contributed by atoms with Gasteiger partial charge in [0.25, 0.3) is 0 Å². The van der Waals surface area contributed by atoms with Crippen LogP contribution in [0.2, 0.25) is 0 Å². The number of hydrogen-bond acceptors (Lipinski definition) is 3. The molecule has 1 aliphatic heterocycles. The smallest absolute Gasteiger partial charge is 0.311 e. The van der Waals surface area contributed by atoms with Crippen LogP contribution < -0.4 is 10.1 Å². The molecule has 1 aliphatic rings. The largest absolute Gasteiger partial charge is 0.493 e. The highest BCUT2D eigenvalue weighted by Crippen LogP contribution is 2.31. The molecule has 1 fully saturated rings. The maximum Gasteiger partial charge on any atom is 0.311 e. The zero-order chi connectivity index (χ0) is 13.7. The SMILES string of the molecule is Cc1ccccc1OCCC1(C(=O)O)CCCNC1. The minimum atomic E-state index is -0.715. The van der Waals surface area contributed by atoms with Crippen LogP contribution in [-0.2, 0) is 4.79 Å². The van der Waals surface area contributed by atoms with E-state index in [-0.39, 0.29) is 0 Å².